The van der Waals surface area contributed by atoms with E-state index in [0.29, 0.717) is 5.82 Å². The summed E-state index contributed by atoms with van der Waals surface area (Å²) < 4.78 is 2.32. The predicted octanol–water partition coefficient (Wildman–Crippen LogP) is 17.3. The largest absolute Gasteiger partial charge is 0.507 e. The van der Waals surface area contributed by atoms with E-state index in [1.807, 2.05) is 6.20 Å². The normalized spacial score (nSPS) is 12.1. The van der Waals surface area contributed by atoms with Crippen LogP contribution in [0.3, 0.4) is 0 Å². The molecule has 1 N–H and O–H groups in total. The molecule has 0 bridgehead atoms. The van der Waals surface area contributed by atoms with Crippen molar-refractivity contribution in [3.63, 3.8) is 0 Å². The third-order valence-electron chi connectivity index (χ3n) is 13.3. The second-order valence-corrected chi connectivity index (χ2v) is 21.0. The molecule has 336 valence electrons. The molecule has 2 aromatic heterocycles. The number of pyridine rings is 1. The van der Waals surface area contributed by atoms with E-state index >= 15 is 0 Å². The molecule has 4 heteroatoms. The first-order valence-electron chi connectivity index (χ1n) is 23.8. The first-order chi connectivity index (χ1) is 32.0. The molecule has 0 unspecified atom stereocenters. The average Bonchev–Trinajstić information content (AvgIpc) is 3.70. The third-order valence-corrected chi connectivity index (χ3v) is 13.3. The molecule has 0 aliphatic rings. The summed E-state index contributed by atoms with van der Waals surface area (Å²) in [4.78, 5) is 10.7. The molecule has 0 atom stereocenters. The molecule has 0 amide bonds. The maximum Gasteiger partial charge on any atom is 0.149 e. The average molecular weight is 878 g/mol. The van der Waals surface area contributed by atoms with Crippen LogP contribution in [0.25, 0.3) is 83.9 Å². The first-order valence-corrected chi connectivity index (χ1v) is 23.8. The van der Waals surface area contributed by atoms with Crippen molar-refractivity contribution in [3.8, 4) is 78.6 Å². The molecule has 0 saturated heterocycles. The highest BCUT2D eigenvalue weighted by Gasteiger charge is 2.28. The van der Waals surface area contributed by atoms with Gasteiger partial charge in [0.05, 0.1) is 28.0 Å². The van der Waals surface area contributed by atoms with Gasteiger partial charge < -0.3 is 5.11 Å². The highest BCUT2D eigenvalue weighted by atomic mass is 16.3. The standard InChI is InChI=1S/C63H63N3O/c1-39(2)46-34-51(40(3)4)60(67)54(35-46)61-65-59-50(47-31-48(33-49(32-47)62(6,7)8)56-36-45(29-30-64-56)42-27-25-41(5)26-28-42)23-18-24-57(59)66(61)58-38-52(43-19-14-12-15-20-43)55(63(9,10)11)37-53(58)44-21-16-13-17-22-44/h12-40,67H,1-11H3. The van der Waals surface area contributed by atoms with Gasteiger partial charge in [-0.1, -0.05) is 184 Å². The van der Waals surface area contributed by atoms with E-state index in [4.69, 9.17) is 9.97 Å². The zero-order valence-corrected chi connectivity index (χ0v) is 41.0. The van der Waals surface area contributed by atoms with Crippen LogP contribution < -0.4 is 0 Å². The van der Waals surface area contributed by atoms with Crippen molar-refractivity contribution in [2.45, 2.75) is 98.8 Å². The Bertz CT molecular complexity index is 3250. The van der Waals surface area contributed by atoms with Gasteiger partial charge in [0.25, 0.3) is 0 Å². The van der Waals surface area contributed by atoms with Crippen LogP contribution in [-0.4, -0.2) is 19.6 Å². The number of phenolic OH excluding ortho intramolecular Hbond substituents is 1. The van der Waals surface area contributed by atoms with Gasteiger partial charge in [0, 0.05) is 22.9 Å². The molecule has 0 fully saturated rings. The van der Waals surface area contributed by atoms with E-state index in [1.54, 1.807) is 0 Å². The van der Waals surface area contributed by atoms with Crippen molar-refractivity contribution in [3.05, 3.63) is 192 Å². The molecule has 0 saturated carbocycles. The van der Waals surface area contributed by atoms with Gasteiger partial charge in [-0.3, -0.25) is 9.55 Å². The van der Waals surface area contributed by atoms with Crippen LogP contribution in [0.5, 0.6) is 5.75 Å². The summed E-state index contributed by atoms with van der Waals surface area (Å²) in [5, 5.41) is 12.5. The number of para-hydroxylation sites is 1. The summed E-state index contributed by atoms with van der Waals surface area (Å²) in [6, 6.07) is 57.0. The third kappa shape index (κ3) is 8.86. The van der Waals surface area contributed by atoms with Gasteiger partial charge >= 0.3 is 0 Å². The van der Waals surface area contributed by atoms with Crippen molar-refractivity contribution in [2.75, 3.05) is 0 Å². The number of aromatic nitrogens is 3. The fourth-order valence-electron chi connectivity index (χ4n) is 9.36. The van der Waals surface area contributed by atoms with Gasteiger partial charge in [-0.2, -0.15) is 0 Å². The van der Waals surface area contributed by atoms with Gasteiger partial charge in [0.15, 0.2) is 0 Å². The summed E-state index contributed by atoms with van der Waals surface area (Å²) in [6.45, 7) is 24.6. The summed E-state index contributed by atoms with van der Waals surface area (Å²) in [7, 11) is 0. The number of aromatic hydroxyl groups is 1. The lowest BCUT2D eigenvalue weighted by atomic mass is 9.79. The maximum atomic E-state index is 12.5. The molecule has 67 heavy (non-hydrogen) atoms. The minimum absolute atomic E-state index is 0.0955. The maximum absolute atomic E-state index is 12.5. The second kappa shape index (κ2) is 17.6. The lowest BCUT2D eigenvalue weighted by Crippen LogP contribution is -2.14. The highest BCUT2D eigenvalue weighted by molar-refractivity contribution is 5.98. The van der Waals surface area contributed by atoms with Crippen molar-refractivity contribution in [1.29, 1.82) is 0 Å². The summed E-state index contributed by atoms with van der Waals surface area (Å²) in [5.74, 6) is 1.30. The number of imidazole rings is 1. The Labute approximate surface area is 398 Å². The molecule has 4 nitrogen and oxygen atoms in total. The van der Waals surface area contributed by atoms with Crippen LogP contribution >= 0.6 is 0 Å². The van der Waals surface area contributed by atoms with E-state index in [9.17, 15) is 5.11 Å². The van der Waals surface area contributed by atoms with Crippen molar-refractivity contribution >= 4 is 11.0 Å². The van der Waals surface area contributed by atoms with Gasteiger partial charge in [-0.05, 0) is 134 Å². The quantitative estimate of drug-likeness (QED) is 0.157. The van der Waals surface area contributed by atoms with Gasteiger partial charge in [0.2, 0.25) is 0 Å². The molecule has 2 heterocycles. The minimum atomic E-state index is -0.166. The number of fused-ring (bicyclic) bond motifs is 1. The molecule has 7 aromatic carbocycles. The van der Waals surface area contributed by atoms with E-state index in [1.165, 1.54) is 16.7 Å². The van der Waals surface area contributed by atoms with Crippen LogP contribution in [0.15, 0.2) is 164 Å². The monoisotopic (exact) mass is 877 g/mol. The number of rotatable bonds is 9. The van der Waals surface area contributed by atoms with Crippen molar-refractivity contribution in [1.82, 2.24) is 14.5 Å². The smallest absolute Gasteiger partial charge is 0.149 e. The summed E-state index contributed by atoms with van der Waals surface area (Å²) >= 11 is 0. The topological polar surface area (TPSA) is 50.9 Å². The predicted molar refractivity (Wildman–Crippen MR) is 283 cm³/mol. The van der Waals surface area contributed by atoms with Crippen LogP contribution in [-0.2, 0) is 10.8 Å². The summed E-state index contributed by atoms with van der Waals surface area (Å²) in [5.41, 5.74) is 19.8. The first kappa shape index (κ1) is 45.1. The number of nitrogens with zero attached hydrogens (tertiary/aromatic N) is 3. The molecular weight excluding hydrogens is 815 g/mol. The molecule has 9 rings (SSSR count). The number of aryl methyl sites for hydroxylation is 1. The van der Waals surface area contributed by atoms with E-state index in [-0.39, 0.29) is 28.4 Å². The second-order valence-electron chi connectivity index (χ2n) is 21.0. The lowest BCUT2D eigenvalue weighted by Gasteiger charge is -2.27. The van der Waals surface area contributed by atoms with Gasteiger partial charge in [-0.25, -0.2) is 4.98 Å². The minimum Gasteiger partial charge on any atom is -0.507 e. The molecule has 0 aliphatic carbocycles. The Kier molecular flexibility index (Phi) is 11.9. The molecule has 0 spiro atoms. The van der Waals surface area contributed by atoms with Crippen LogP contribution in [0.1, 0.15) is 109 Å². The number of hydrogen-bond donors (Lipinski definition) is 1. The Morgan fingerprint density at radius 1 is 0.507 bits per heavy atom. The van der Waals surface area contributed by atoms with Gasteiger partial charge in [0.1, 0.15) is 11.6 Å². The van der Waals surface area contributed by atoms with Gasteiger partial charge in [-0.15, -0.1) is 0 Å². The molecule has 0 aliphatic heterocycles. The summed E-state index contributed by atoms with van der Waals surface area (Å²) in [6.07, 6.45) is 1.92. The number of hydrogen-bond acceptors (Lipinski definition) is 3. The van der Waals surface area contributed by atoms with Crippen LogP contribution in [0.4, 0.5) is 0 Å². The zero-order chi connectivity index (χ0) is 47.4. The van der Waals surface area contributed by atoms with E-state index in [0.717, 1.165) is 89.2 Å². The SMILES string of the molecule is Cc1ccc(-c2ccnc(-c3cc(-c4cccc5c4nc(-c4cc(C(C)C)cc(C(C)C)c4O)n5-c4cc(-c5ccccc5)c(C(C)(C)C)cc4-c4ccccc4)cc(C(C)(C)C)c3)c2)cc1. The van der Waals surface area contributed by atoms with E-state index in [2.05, 4.69) is 238 Å². The number of phenols is 1. The van der Waals surface area contributed by atoms with Crippen molar-refractivity contribution < 1.29 is 5.11 Å². The number of benzene rings is 7. The zero-order valence-electron chi connectivity index (χ0n) is 41.0. The Morgan fingerprint density at radius 3 is 1.79 bits per heavy atom. The fourth-order valence-corrected chi connectivity index (χ4v) is 9.36. The fraction of sp³-hybridized carbons (Fsp3) is 0.238. The Balaban J connectivity index is 1.39. The Hall–Kier alpha value is -7.04. The Morgan fingerprint density at radius 2 is 1.16 bits per heavy atom. The van der Waals surface area contributed by atoms with Crippen LogP contribution in [0, 0.1) is 6.92 Å². The molecule has 0 radical (unpaired) electrons. The van der Waals surface area contributed by atoms with Crippen LogP contribution in [0.2, 0.25) is 0 Å². The highest BCUT2D eigenvalue weighted by Crippen LogP contribution is 2.47. The van der Waals surface area contributed by atoms with E-state index < -0.39 is 0 Å². The van der Waals surface area contributed by atoms with Crippen molar-refractivity contribution in [2.24, 2.45) is 0 Å². The lowest BCUT2D eigenvalue weighted by molar-refractivity contribution is 0.466. The molecule has 9 aromatic rings. The molecular formula is C63H63N3O.